The molecule has 2 rings (SSSR count). The lowest BCUT2D eigenvalue weighted by Crippen LogP contribution is -2.36. The second-order valence-electron chi connectivity index (χ2n) is 4.71. The Morgan fingerprint density at radius 2 is 1.81 bits per heavy atom. The molecule has 5 heteroatoms. The summed E-state index contributed by atoms with van der Waals surface area (Å²) in [5.41, 5.74) is 1.88. The quantitative estimate of drug-likeness (QED) is 0.892. The minimum atomic E-state index is -0.158. The summed E-state index contributed by atoms with van der Waals surface area (Å²) in [6.45, 7) is 0.896. The van der Waals surface area contributed by atoms with Gasteiger partial charge in [-0.15, -0.1) is 0 Å². The van der Waals surface area contributed by atoms with Crippen molar-refractivity contribution >= 4 is 29.2 Å². The van der Waals surface area contributed by atoms with Crippen molar-refractivity contribution in [2.24, 2.45) is 0 Å². The van der Waals surface area contributed by atoms with Crippen molar-refractivity contribution in [1.29, 1.82) is 0 Å². The summed E-state index contributed by atoms with van der Waals surface area (Å²) in [4.78, 5) is 13.6. The van der Waals surface area contributed by atoms with Gasteiger partial charge in [0.15, 0.2) is 0 Å². The van der Waals surface area contributed by atoms with E-state index in [4.69, 9.17) is 23.2 Å². The lowest BCUT2D eigenvalue weighted by atomic mass is 10.2. The molecule has 0 heterocycles. The van der Waals surface area contributed by atoms with Crippen LogP contribution in [0.3, 0.4) is 0 Å². The lowest BCUT2D eigenvalue weighted by molar-refractivity contribution is 0.206. The lowest BCUT2D eigenvalue weighted by Gasteiger charge is -2.19. The number of nitrogens with one attached hydrogen (secondary N) is 1. The second kappa shape index (κ2) is 7.34. The molecule has 1 N–H and O–H groups in total. The van der Waals surface area contributed by atoms with Crippen LogP contribution in [0.25, 0.3) is 0 Å². The highest BCUT2D eigenvalue weighted by Gasteiger charge is 2.11. The Hall–Kier alpha value is -1.71. The summed E-state index contributed by atoms with van der Waals surface area (Å²) in [6, 6.07) is 15.0. The molecule has 0 spiro atoms. The SMILES string of the molecule is CN(Cc1cccc(Cl)c1Cl)C(=O)NCc1ccccc1. The fourth-order valence-corrected chi connectivity index (χ4v) is 2.29. The van der Waals surface area contributed by atoms with Crippen molar-refractivity contribution in [2.45, 2.75) is 13.1 Å². The summed E-state index contributed by atoms with van der Waals surface area (Å²) in [7, 11) is 1.72. The van der Waals surface area contributed by atoms with Crippen molar-refractivity contribution < 1.29 is 4.79 Å². The Labute approximate surface area is 134 Å². The zero-order valence-corrected chi connectivity index (χ0v) is 13.2. The molecule has 0 aromatic heterocycles. The summed E-state index contributed by atoms with van der Waals surface area (Å²) in [5.74, 6) is 0. The number of benzene rings is 2. The number of nitrogens with zero attached hydrogens (tertiary/aromatic N) is 1. The van der Waals surface area contributed by atoms with Crippen molar-refractivity contribution in [2.75, 3.05) is 7.05 Å². The summed E-state index contributed by atoms with van der Waals surface area (Å²) in [5, 5.41) is 3.84. The van der Waals surface area contributed by atoms with E-state index in [1.807, 2.05) is 42.5 Å². The Bertz CT molecular complexity index is 617. The summed E-state index contributed by atoms with van der Waals surface area (Å²) < 4.78 is 0. The number of urea groups is 1. The summed E-state index contributed by atoms with van der Waals surface area (Å²) >= 11 is 12.1. The van der Waals surface area contributed by atoms with Gasteiger partial charge in [-0.05, 0) is 17.2 Å². The molecule has 2 aromatic carbocycles. The van der Waals surface area contributed by atoms with Gasteiger partial charge in [-0.25, -0.2) is 4.79 Å². The van der Waals surface area contributed by atoms with Gasteiger partial charge in [0, 0.05) is 20.1 Å². The van der Waals surface area contributed by atoms with Crippen LogP contribution >= 0.6 is 23.2 Å². The van der Waals surface area contributed by atoms with E-state index in [9.17, 15) is 4.79 Å². The molecule has 2 amide bonds. The maximum Gasteiger partial charge on any atom is 0.317 e. The first-order valence-electron chi connectivity index (χ1n) is 6.53. The van der Waals surface area contributed by atoms with Gasteiger partial charge in [0.05, 0.1) is 10.0 Å². The first-order valence-corrected chi connectivity index (χ1v) is 7.29. The van der Waals surface area contributed by atoms with Crippen molar-refractivity contribution in [3.8, 4) is 0 Å². The van der Waals surface area contributed by atoms with Crippen LogP contribution in [0.4, 0.5) is 4.79 Å². The molecule has 110 valence electrons. The third-order valence-electron chi connectivity index (χ3n) is 3.07. The van der Waals surface area contributed by atoms with Crippen LogP contribution in [0, 0.1) is 0 Å². The van der Waals surface area contributed by atoms with Gasteiger partial charge in [0.1, 0.15) is 0 Å². The highest BCUT2D eigenvalue weighted by atomic mass is 35.5. The highest BCUT2D eigenvalue weighted by Crippen LogP contribution is 2.26. The predicted molar refractivity (Wildman–Crippen MR) is 86.6 cm³/mol. The van der Waals surface area contributed by atoms with E-state index in [1.54, 1.807) is 18.0 Å². The molecule has 0 atom stereocenters. The van der Waals surface area contributed by atoms with Gasteiger partial charge >= 0.3 is 6.03 Å². The molecule has 0 aliphatic carbocycles. The monoisotopic (exact) mass is 322 g/mol. The molecule has 0 aliphatic rings. The van der Waals surface area contributed by atoms with E-state index in [0.29, 0.717) is 23.1 Å². The highest BCUT2D eigenvalue weighted by molar-refractivity contribution is 6.42. The molecule has 0 bridgehead atoms. The number of hydrogen-bond donors (Lipinski definition) is 1. The first-order chi connectivity index (χ1) is 10.1. The number of carbonyl (C=O) groups is 1. The van der Waals surface area contributed by atoms with Gasteiger partial charge in [0.2, 0.25) is 0 Å². The zero-order valence-electron chi connectivity index (χ0n) is 11.6. The minimum Gasteiger partial charge on any atom is -0.334 e. The molecule has 0 aliphatic heterocycles. The van der Waals surface area contributed by atoms with Crippen LogP contribution in [0.5, 0.6) is 0 Å². The Morgan fingerprint density at radius 1 is 1.10 bits per heavy atom. The van der Waals surface area contributed by atoms with Crippen molar-refractivity contribution in [1.82, 2.24) is 10.2 Å². The van der Waals surface area contributed by atoms with Gasteiger partial charge in [-0.3, -0.25) is 0 Å². The minimum absolute atomic E-state index is 0.158. The van der Waals surface area contributed by atoms with Crippen LogP contribution in [0.15, 0.2) is 48.5 Å². The van der Waals surface area contributed by atoms with Crippen LogP contribution in [0.2, 0.25) is 10.0 Å². The molecule has 3 nitrogen and oxygen atoms in total. The van der Waals surface area contributed by atoms with Crippen LogP contribution < -0.4 is 5.32 Å². The van der Waals surface area contributed by atoms with Crippen LogP contribution in [-0.4, -0.2) is 18.0 Å². The molecular formula is C16H16Cl2N2O. The normalized spacial score (nSPS) is 10.2. The Morgan fingerprint density at radius 3 is 2.52 bits per heavy atom. The molecule has 0 saturated carbocycles. The summed E-state index contributed by atoms with van der Waals surface area (Å²) in [6.07, 6.45) is 0. The third-order valence-corrected chi connectivity index (χ3v) is 3.93. The fraction of sp³-hybridized carbons (Fsp3) is 0.188. The Balaban J connectivity index is 1.92. The standard InChI is InChI=1S/C16H16Cl2N2O/c1-20(11-13-8-5-9-14(17)15(13)18)16(21)19-10-12-6-3-2-4-7-12/h2-9H,10-11H2,1H3,(H,19,21). The smallest absolute Gasteiger partial charge is 0.317 e. The number of carbonyl (C=O) groups excluding carboxylic acids is 1. The van der Waals surface area contributed by atoms with Crippen molar-refractivity contribution in [3.63, 3.8) is 0 Å². The van der Waals surface area contributed by atoms with E-state index < -0.39 is 0 Å². The van der Waals surface area contributed by atoms with Crippen molar-refractivity contribution in [3.05, 3.63) is 69.7 Å². The van der Waals surface area contributed by atoms with Crippen LogP contribution in [-0.2, 0) is 13.1 Å². The fourth-order valence-electron chi connectivity index (χ4n) is 1.91. The largest absolute Gasteiger partial charge is 0.334 e. The van der Waals surface area contributed by atoms with E-state index in [-0.39, 0.29) is 6.03 Å². The van der Waals surface area contributed by atoms with Gasteiger partial charge in [0.25, 0.3) is 0 Å². The number of hydrogen-bond acceptors (Lipinski definition) is 1. The van der Waals surface area contributed by atoms with E-state index in [1.165, 1.54) is 0 Å². The first kappa shape index (κ1) is 15.7. The topological polar surface area (TPSA) is 32.3 Å². The Kier molecular flexibility index (Phi) is 5.48. The second-order valence-corrected chi connectivity index (χ2v) is 5.50. The molecule has 21 heavy (non-hydrogen) atoms. The van der Waals surface area contributed by atoms with E-state index in [0.717, 1.165) is 11.1 Å². The van der Waals surface area contributed by atoms with E-state index in [2.05, 4.69) is 5.32 Å². The number of amides is 2. The molecule has 0 radical (unpaired) electrons. The van der Waals surface area contributed by atoms with Crippen LogP contribution in [0.1, 0.15) is 11.1 Å². The molecule has 2 aromatic rings. The molecule has 0 saturated heterocycles. The van der Waals surface area contributed by atoms with Gasteiger partial charge in [-0.1, -0.05) is 65.7 Å². The predicted octanol–water partition coefficient (Wildman–Crippen LogP) is 4.34. The third kappa shape index (κ3) is 4.38. The maximum absolute atomic E-state index is 12.1. The van der Waals surface area contributed by atoms with Gasteiger partial charge in [-0.2, -0.15) is 0 Å². The zero-order chi connectivity index (χ0) is 15.2. The van der Waals surface area contributed by atoms with Gasteiger partial charge < -0.3 is 10.2 Å². The average Bonchev–Trinajstić information content (AvgIpc) is 2.50. The molecule has 0 unspecified atom stereocenters. The van der Waals surface area contributed by atoms with E-state index >= 15 is 0 Å². The maximum atomic E-state index is 12.1. The average molecular weight is 323 g/mol. The molecule has 0 fully saturated rings. The number of rotatable bonds is 4. The molecular weight excluding hydrogens is 307 g/mol. The number of halogens is 2.